The Kier molecular flexibility index (Phi) is 6.54. The molecule has 4 N–H and O–H groups in total. The summed E-state index contributed by atoms with van der Waals surface area (Å²) in [6, 6.07) is 19.9. The van der Waals surface area contributed by atoms with Crippen LogP contribution in [-0.4, -0.2) is 51.1 Å². The minimum Gasteiger partial charge on any atom is -0.321 e. The van der Waals surface area contributed by atoms with Crippen molar-refractivity contribution in [1.29, 1.82) is 0 Å². The third kappa shape index (κ3) is 5.87. The fourth-order valence-electron chi connectivity index (χ4n) is 4.01. The van der Waals surface area contributed by atoms with Crippen LogP contribution < -0.4 is 20.4 Å². The van der Waals surface area contributed by atoms with Crippen LogP contribution in [0.25, 0.3) is 10.8 Å². The summed E-state index contributed by atoms with van der Waals surface area (Å²) in [7, 11) is 0. The van der Waals surface area contributed by atoms with E-state index < -0.39 is 0 Å². The third-order valence-corrected chi connectivity index (χ3v) is 5.63. The number of rotatable bonds is 6. The Labute approximate surface area is 180 Å². The first-order valence-electron chi connectivity index (χ1n) is 10.6. The molecule has 1 saturated heterocycles. The second kappa shape index (κ2) is 9.68. The smallest absolute Gasteiger partial charge is 0.279 e. The number of hydrogen-bond acceptors (Lipinski definition) is 2. The monoisotopic (exact) mass is 422 g/mol. The van der Waals surface area contributed by atoms with Crippen molar-refractivity contribution in [2.75, 3.05) is 49.9 Å². The maximum Gasteiger partial charge on any atom is 0.279 e. The number of halogens is 1. The molecule has 31 heavy (non-hydrogen) atoms. The number of anilines is 2. The number of benzene rings is 3. The van der Waals surface area contributed by atoms with Crippen molar-refractivity contribution in [3.05, 3.63) is 72.5 Å². The molecule has 3 aromatic rings. The van der Waals surface area contributed by atoms with Gasteiger partial charge in [0.25, 0.3) is 11.8 Å². The number of carbonyl (C=O) groups excluding carboxylic acids is 2. The third-order valence-electron chi connectivity index (χ3n) is 5.63. The van der Waals surface area contributed by atoms with Crippen molar-refractivity contribution in [2.45, 2.75) is 0 Å². The summed E-state index contributed by atoms with van der Waals surface area (Å²) in [5.74, 6) is -0.500. The van der Waals surface area contributed by atoms with Gasteiger partial charge in [-0.2, -0.15) is 0 Å². The lowest BCUT2D eigenvalue weighted by Gasteiger charge is -2.29. The Bertz CT molecular complexity index is 1080. The average molecular weight is 423 g/mol. The molecule has 1 aliphatic heterocycles. The van der Waals surface area contributed by atoms with Crippen molar-refractivity contribution in [3.63, 3.8) is 0 Å². The lowest BCUT2D eigenvalue weighted by atomic mass is 10.1. The van der Waals surface area contributed by atoms with Gasteiger partial charge in [0.05, 0.1) is 0 Å². The fourth-order valence-corrected chi connectivity index (χ4v) is 4.01. The summed E-state index contributed by atoms with van der Waals surface area (Å²) >= 11 is 0. The highest BCUT2D eigenvalue weighted by Gasteiger charge is 2.26. The van der Waals surface area contributed by atoms with E-state index in [0.29, 0.717) is 18.8 Å². The molecule has 1 heterocycles. The molecule has 0 spiro atoms. The molecule has 0 atom stereocenters. The molecule has 0 bridgehead atoms. The van der Waals surface area contributed by atoms with Crippen LogP contribution in [-0.2, 0) is 9.59 Å². The number of hydrogen-bond donors (Lipinski definition) is 4. The summed E-state index contributed by atoms with van der Waals surface area (Å²) in [6.07, 6.45) is 0. The molecule has 1 fully saturated rings. The number of nitrogens with one attached hydrogen (secondary N) is 4. The van der Waals surface area contributed by atoms with Crippen LogP contribution in [0, 0.1) is 5.82 Å². The molecule has 160 valence electrons. The number of carbonyl (C=O) groups is 2. The normalized spacial score (nSPS) is 18.5. The van der Waals surface area contributed by atoms with E-state index in [1.807, 2.05) is 42.5 Å². The van der Waals surface area contributed by atoms with Crippen LogP contribution in [0.5, 0.6) is 0 Å². The first-order valence-corrected chi connectivity index (χ1v) is 10.6. The molecule has 0 saturated carbocycles. The predicted octanol–water partition coefficient (Wildman–Crippen LogP) is 0.340. The second-order valence-electron chi connectivity index (χ2n) is 8.02. The number of amides is 2. The van der Waals surface area contributed by atoms with Crippen molar-refractivity contribution in [2.24, 2.45) is 0 Å². The Morgan fingerprint density at radius 2 is 1.29 bits per heavy atom. The molecule has 0 aliphatic carbocycles. The van der Waals surface area contributed by atoms with Crippen LogP contribution in [0.4, 0.5) is 15.8 Å². The van der Waals surface area contributed by atoms with E-state index in [-0.39, 0.29) is 17.6 Å². The molecular formula is C24H27FN4O2+2. The van der Waals surface area contributed by atoms with Crippen molar-refractivity contribution in [1.82, 2.24) is 0 Å². The van der Waals surface area contributed by atoms with E-state index in [0.717, 1.165) is 42.6 Å². The highest BCUT2D eigenvalue weighted by molar-refractivity contribution is 5.95. The summed E-state index contributed by atoms with van der Waals surface area (Å²) in [6.45, 7) is 4.04. The van der Waals surface area contributed by atoms with Gasteiger partial charge >= 0.3 is 0 Å². The largest absolute Gasteiger partial charge is 0.321 e. The van der Waals surface area contributed by atoms with Gasteiger partial charge in [0, 0.05) is 11.4 Å². The average Bonchev–Trinajstić information content (AvgIpc) is 2.75. The first-order chi connectivity index (χ1) is 15.0. The van der Waals surface area contributed by atoms with E-state index in [1.165, 1.54) is 21.9 Å². The van der Waals surface area contributed by atoms with E-state index in [4.69, 9.17) is 0 Å². The van der Waals surface area contributed by atoms with Crippen LogP contribution >= 0.6 is 0 Å². The standard InChI is InChI=1S/C24H25FN4O2/c25-20-6-3-7-21(15-20)26-23(30)16-28-10-12-29(13-11-28)17-24(31)27-22-9-8-18-4-1-2-5-19(18)14-22/h1-9,14-15H,10-13,16-17H2,(H,26,30)(H,27,31)/p+2. The molecule has 0 unspecified atom stereocenters. The zero-order valence-corrected chi connectivity index (χ0v) is 17.3. The van der Waals surface area contributed by atoms with Gasteiger partial charge in [0.1, 0.15) is 32.0 Å². The lowest BCUT2D eigenvalue weighted by Crippen LogP contribution is -3.28. The molecule has 0 aromatic heterocycles. The maximum absolute atomic E-state index is 13.2. The highest BCUT2D eigenvalue weighted by Crippen LogP contribution is 2.18. The Morgan fingerprint density at radius 3 is 1.90 bits per heavy atom. The molecule has 1 aliphatic rings. The fraction of sp³-hybridized carbons (Fsp3) is 0.250. The predicted molar refractivity (Wildman–Crippen MR) is 119 cm³/mol. The van der Waals surface area contributed by atoms with Gasteiger partial charge in [0.2, 0.25) is 0 Å². The number of quaternary nitrogens is 2. The first kappa shape index (κ1) is 21.0. The number of piperazine rings is 1. The minimum absolute atomic E-state index is 0.00224. The van der Waals surface area contributed by atoms with Crippen LogP contribution in [0.15, 0.2) is 66.7 Å². The second-order valence-corrected chi connectivity index (χ2v) is 8.02. The SMILES string of the molecule is O=C(C[NH+]1CC[NH+](CC(=O)Nc2ccc3ccccc3c2)CC1)Nc1cccc(F)c1. The highest BCUT2D eigenvalue weighted by atomic mass is 19.1. The zero-order valence-electron chi connectivity index (χ0n) is 17.3. The van der Waals surface area contributed by atoms with E-state index >= 15 is 0 Å². The van der Waals surface area contributed by atoms with Crippen LogP contribution in [0.3, 0.4) is 0 Å². The van der Waals surface area contributed by atoms with Crippen LogP contribution in [0.2, 0.25) is 0 Å². The van der Waals surface area contributed by atoms with Crippen molar-refractivity contribution < 1.29 is 23.8 Å². The summed E-state index contributed by atoms with van der Waals surface area (Å²) in [4.78, 5) is 27.1. The van der Waals surface area contributed by atoms with E-state index in [2.05, 4.69) is 10.6 Å². The molecule has 7 heteroatoms. The molecule has 3 aromatic carbocycles. The van der Waals surface area contributed by atoms with Gasteiger partial charge in [-0.1, -0.05) is 36.4 Å². The van der Waals surface area contributed by atoms with Gasteiger partial charge in [-0.15, -0.1) is 0 Å². The summed E-state index contributed by atoms with van der Waals surface area (Å²) < 4.78 is 13.2. The summed E-state index contributed by atoms with van der Waals surface area (Å²) in [5, 5.41) is 7.98. The Hall–Kier alpha value is -3.29. The molecule has 0 radical (unpaired) electrons. The maximum atomic E-state index is 13.2. The van der Waals surface area contributed by atoms with E-state index in [1.54, 1.807) is 12.1 Å². The lowest BCUT2D eigenvalue weighted by molar-refractivity contribution is -1.00. The van der Waals surface area contributed by atoms with Gasteiger partial charge in [-0.3, -0.25) is 9.59 Å². The van der Waals surface area contributed by atoms with Gasteiger partial charge in [-0.05, 0) is 41.1 Å². The molecule has 2 amide bonds. The Balaban J connectivity index is 1.21. The minimum atomic E-state index is -0.371. The van der Waals surface area contributed by atoms with Crippen molar-refractivity contribution >= 4 is 34.0 Å². The van der Waals surface area contributed by atoms with E-state index in [9.17, 15) is 14.0 Å². The van der Waals surface area contributed by atoms with Gasteiger partial charge < -0.3 is 20.4 Å². The summed E-state index contributed by atoms with van der Waals surface area (Å²) in [5.41, 5.74) is 1.28. The molecule has 4 rings (SSSR count). The Morgan fingerprint density at radius 1 is 0.710 bits per heavy atom. The van der Waals surface area contributed by atoms with Crippen LogP contribution in [0.1, 0.15) is 0 Å². The van der Waals surface area contributed by atoms with Gasteiger partial charge in [-0.25, -0.2) is 4.39 Å². The topological polar surface area (TPSA) is 67.1 Å². The van der Waals surface area contributed by atoms with Gasteiger partial charge in [0.15, 0.2) is 13.1 Å². The zero-order chi connectivity index (χ0) is 21.6. The number of fused-ring (bicyclic) bond motifs is 1. The quantitative estimate of drug-likeness (QED) is 0.463. The molecule has 6 nitrogen and oxygen atoms in total. The van der Waals surface area contributed by atoms with Crippen molar-refractivity contribution in [3.8, 4) is 0 Å². The molecular weight excluding hydrogens is 395 g/mol.